The number of alkyl halides is 3. The number of para-hydroxylation sites is 1. The van der Waals surface area contributed by atoms with Gasteiger partial charge in [-0.2, -0.15) is 13.2 Å². The molecule has 1 fully saturated rings. The van der Waals surface area contributed by atoms with Crippen molar-refractivity contribution in [3.05, 3.63) is 81.2 Å². The number of hydrogen-bond acceptors (Lipinski definition) is 5. The minimum atomic E-state index is -4.39. The number of ketones is 1. The van der Waals surface area contributed by atoms with E-state index >= 15 is 0 Å². The standard InChI is InChI=1S/C23H21ClF3N3OS/c24-17-7-5-15(6-8-17)21(31)20-16(14-32-22(20)28)13-29-9-11-30(12-10-29)19-4-2-1-3-18(19)23(25,26)27/h1-8,14H,9-13,28H2. The smallest absolute Gasteiger partial charge is 0.390 e. The van der Waals surface area contributed by atoms with Gasteiger partial charge in [0.1, 0.15) is 0 Å². The molecule has 2 aromatic carbocycles. The molecule has 9 heteroatoms. The van der Waals surface area contributed by atoms with Crippen molar-refractivity contribution in [2.24, 2.45) is 0 Å². The van der Waals surface area contributed by atoms with Crippen molar-refractivity contribution < 1.29 is 18.0 Å². The number of anilines is 2. The minimum absolute atomic E-state index is 0.159. The first kappa shape index (κ1) is 22.6. The lowest BCUT2D eigenvalue weighted by molar-refractivity contribution is -0.137. The van der Waals surface area contributed by atoms with Gasteiger partial charge < -0.3 is 10.6 Å². The molecule has 0 atom stereocenters. The molecule has 1 aliphatic rings. The van der Waals surface area contributed by atoms with Crippen LogP contribution in [-0.2, 0) is 12.7 Å². The van der Waals surface area contributed by atoms with E-state index in [4.69, 9.17) is 17.3 Å². The third kappa shape index (κ3) is 4.77. The summed E-state index contributed by atoms with van der Waals surface area (Å²) < 4.78 is 40.1. The Balaban J connectivity index is 1.46. The highest BCUT2D eigenvalue weighted by Gasteiger charge is 2.35. The zero-order valence-corrected chi connectivity index (χ0v) is 18.6. The van der Waals surface area contributed by atoms with Gasteiger partial charge in [-0.3, -0.25) is 9.69 Å². The number of halogens is 4. The van der Waals surface area contributed by atoms with Crippen LogP contribution >= 0.6 is 22.9 Å². The topological polar surface area (TPSA) is 49.6 Å². The van der Waals surface area contributed by atoms with Gasteiger partial charge in [0.25, 0.3) is 0 Å². The molecule has 0 spiro atoms. The van der Waals surface area contributed by atoms with Crippen LogP contribution in [0.15, 0.2) is 53.9 Å². The van der Waals surface area contributed by atoms with Gasteiger partial charge in [-0.05, 0) is 47.3 Å². The van der Waals surface area contributed by atoms with Gasteiger partial charge in [-0.25, -0.2) is 0 Å². The Labute approximate surface area is 193 Å². The Bertz CT molecular complexity index is 1110. The molecule has 32 heavy (non-hydrogen) atoms. The number of carbonyl (C=O) groups excluding carboxylic acids is 1. The van der Waals surface area contributed by atoms with Crippen LogP contribution in [-0.4, -0.2) is 36.9 Å². The van der Waals surface area contributed by atoms with Gasteiger partial charge in [0.2, 0.25) is 0 Å². The third-order valence-electron chi connectivity index (χ3n) is 5.55. The quantitative estimate of drug-likeness (QED) is 0.487. The Morgan fingerprint density at radius 2 is 1.69 bits per heavy atom. The highest BCUT2D eigenvalue weighted by molar-refractivity contribution is 7.14. The summed E-state index contributed by atoms with van der Waals surface area (Å²) in [5.41, 5.74) is 7.53. The first-order valence-corrected chi connectivity index (χ1v) is 11.3. The highest BCUT2D eigenvalue weighted by atomic mass is 35.5. The maximum Gasteiger partial charge on any atom is 0.418 e. The predicted molar refractivity (Wildman–Crippen MR) is 123 cm³/mol. The number of carbonyl (C=O) groups is 1. The summed E-state index contributed by atoms with van der Waals surface area (Å²) in [5.74, 6) is -0.159. The third-order valence-corrected chi connectivity index (χ3v) is 6.66. The van der Waals surface area contributed by atoms with Crippen molar-refractivity contribution in [2.45, 2.75) is 12.7 Å². The van der Waals surface area contributed by atoms with Crippen LogP contribution in [0.25, 0.3) is 0 Å². The van der Waals surface area contributed by atoms with E-state index < -0.39 is 11.7 Å². The van der Waals surface area contributed by atoms with Crippen molar-refractivity contribution >= 4 is 39.4 Å². The average molecular weight is 480 g/mol. The second-order valence-electron chi connectivity index (χ2n) is 7.61. The SMILES string of the molecule is Nc1scc(CN2CCN(c3ccccc3C(F)(F)F)CC2)c1C(=O)c1ccc(Cl)cc1. The van der Waals surface area contributed by atoms with Crippen molar-refractivity contribution in [2.75, 3.05) is 36.8 Å². The fraction of sp³-hybridized carbons (Fsp3) is 0.261. The lowest BCUT2D eigenvalue weighted by atomic mass is 10.0. The molecule has 0 amide bonds. The van der Waals surface area contributed by atoms with Crippen LogP contribution in [0.1, 0.15) is 27.0 Å². The second kappa shape index (κ2) is 9.13. The summed E-state index contributed by atoms with van der Waals surface area (Å²) >= 11 is 7.23. The summed E-state index contributed by atoms with van der Waals surface area (Å²) in [4.78, 5) is 16.9. The van der Waals surface area contributed by atoms with Gasteiger partial charge >= 0.3 is 6.18 Å². The molecule has 4 rings (SSSR count). The fourth-order valence-electron chi connectivity index (χ4n) is 3.91. The van der Waals surface area contributed by atoms with Gasteiger partial charge in [-0.15, -0.1) is 11.3 Å². The lowest BCUT2D eigenvalue weighted by Gasteiger charge is -2.37. The highest BCUT2D eigenvalue weighted by Crippen LogP contribution is 2.37. The van der Waals surface area contributed by atoms with Crippen molar-refractivity contribution in [3.8, 4) is 0 Å². The van der Waals surface area contributed by atoms with Crippen LogP contribution < -0.4 is 10.6 Å². The van der Waals surface area contributed by atoms with Crippen LogP contribution in [0, 0.1) is 0 Å². The van der Waals surface area contributed by atoms with Crippen LogP contribution in [0.2, 0.25) is 5.02 Å². The van der Waals surface area contributed by atoms with E-state index in [-0.39, 0.29) is 11.5 Å². The van der Waals surface area contributed by atoms with Crippen LogP contribution in [0.4, 0.5) is 23.9 Å². The minimum Gasteiger partial charge on any atom is -0.390 e. The lowest BCUT2D eigenvalue weighted by Crippen LogP contribution is -2.46. The summed E-state index contributed by atoms with van der Waals surface area (Å²) in [5, 5.41) is 2.88. The van der Waals surface area contributed by atoms with Crippen molar-refractivity contribution in [3.63, 3.8) is 0 Å². The van der Waals surface area contributed by atoms with Gasteiger partial charge in [0.15, 0.2) is 5.78 Å². The Kier molecular flexibility index (Phi) is 6.46. The maximum atomic E-state index is 13.4. The van der Waals surface area contributed by atoms with Crippen molar-refractivity contribution in [1.29, 1.82) is 0 Å². The molecule has 0 aliphatic carbocycles. The summed E-state index contributed by atoms with van der Waals surface area (Å²) in [6.07, 6.45) is -4.39. The Hall–Kier alpha value is -2.55. The molecule has 168 valence electrons. The normalized spacial score (nSPS) is 15.2. The van der Waals surface area contributed by atoms with E-state index in [1.54, 1.807) is 35.2 Å². The predicted octanol–water partition coefficient (Wildman–Crippen LogP) is 5.56. The molecule has 0 radical (unpaired) electrons. The van der Waals surface area contributed by atoms with Crippen molar-refractivity contribution in [1.82, 2.24) is 4.90 Å². The number of nitrogens with zero attached hydrogens (tertiary/aromatic N) is 2. The molecule has 2 N–H and O–H groups in total. The van der Waals surface area contributed by atoms with E-state index in [2.05, 4.69) is 4.90 Å². The number of thiophene rings is 1. The number of nitrogen functional groups attached to an aromatic ring is 1. The Morgan fingerprint density at radius 1 is 1.03 bits per heavy atom. The molecule has 1 aromatic heterocycles. The van der Waals surface area contributed by atoms with E-state index in [0.717, 1.165) is 11.6 Å². The summed E-state index contributed by atoms with van der Waals surface area (Å²) in [6.45, 7) is 2.60. The van der Waals surface area contributed by atoms with Gasteiger partial charge in [0, 0.05) is 49.0 Å². The monoisotopic (exact) mass is 479 g/mol. The summed E-state index contributed by atoms with van der Waals surface area (Å²) in [7, 11) is 0. The van der Waals surface area contributed by atoms with E-state index in [0.29, 0.717) is 53.9 Å². The number of hydrogen-bond donors (Lipinski definition) is 1. The molecule has 1 saturated heterocycles. The second-order valence-corrected chi connectivity index (χ2v) is 8.96. The van der Waals surface area contributed by atoms with E-state index in [1.807, 2.05) is 5.38 Å². The average Bonchev–Trinajstić information content (AvgIpc) is 3.13. The number of nitrogens with two attached hydrogens (primary N) is 1. The molecule has 0 saturated carbocycles. The van der Waals surface area contributed by atoms with E-state index in [1.165, 1.54) is 23.5 Å². The molecule has 0 unspecified atom stereocenters. The largest absolute Gasteiger partial charge is 0.418 e. The fourth-order valence-corrected chi connectivity index (χ4v) is 4.84. The molecule has 4 nitrogen and oxygen atoms in total. The van der Waals surface area contributed by atoms with Crippen LogP contribution in [0.5, 0.6) is 0 Å². The van der Waals surface area contributed by atoms with Gasteiger partial charge in [0.05, 0.1) is 16.1 Å². The Morgan fingerprint density at radius 3 is 2.34 bits per heavy atom. The van der Waals surface area contributed by atoms with Crippen LogP contribution in [0.3, 0.4) is 0 Å². The molecule has 0 bridgehead atoms. The molecule has 3 aromatic rings. The zero-order valence-electron chi connectivity index (χ0n) is 17.0. The molecule has 2 heterocycles. The zero-order chi connectivity index (χ0) is 22.9. The van der Waals surface area contributed by atoms with Gasteiger partial charge in [-0.1, -0.05) is 23.7 Å². The molecular formula is C23H21ClF3N3OS. The van der Waals surface area contributed by atoms with E-state index in [9.17, 15) is 18.0 Å². The number of piperazine rings is 1. The molecular weight excluding hydrogens is 459 g/mol. The number of rotatable bonds is 5. The number of benzene rings is 2. The maximum absolute atomic E-state index is 13.4. The first-order chi connectivity index (χ1) is 15.2. The summed E-state index contributed by atoms with van der Waals surface area (Å²) in [6, 6.07) is 12.3. The molecule has 1 aliphatic heterocycles. The first-order valence-electron chi connectivity index (χ1n) is 10.0.